The molecule has 0 radical (unpaired) electrons. The third-order valence-electron chi connectivity index (χ3n) is 2.91. The first-order valence-corrected chi connectivity index (χ1v) is 7.88. The Morgan fingerprint density at radius 3 is 2.75 bits per heavy atom. The van der Waals surface area contributed by atoms with E-state index >= 15 is 0 Å². The van der Waals surface area contributed by atoms with Crippen LogP contribution in [0.15, 0.2) is 16.7 Å². The van der Waals surface area contributed by atoms with E-state index in [4.69, 9.17) is 9.47 Å². The summed E-state index contributed by atoms with van der Waals surface area (Å²) in [5, 5.41) is 3.48. The maximum atomic E-state index is 5.74. The van der Waals surface area contributed by atoms with E-state index in [2.05, 4.69) is 32.3 Å². The van der Waals surface area contributed by atoms with Crippen molar-refractivity contribution in [3.8, 4) is 5.88 Å². The second-order valence-electron chi connectivity index (χ2n) is 6.08. The summed E-state index contributed by atoms with van der Waals surface area (Å²) in [6.45, 7) is 7.99. The summed E-state index contributed by atoms with van der Waals surface area (Å²) in [6, 6.07) is 2.73. The van der Waals surface area contributed by atoms with E-state index in [1.807, 2.05) is 20.8 Å². The van der Waals surface area contributed by atoms with Crippen molar-refractivity contribution in [2.75, 3.05) is 13.2 Å². The summed E-state index contributed by atoms with van der Waals surface area (Å²) < 4.78 is 12.4. The SMILES string of the molecule is CC(C)(C)OCCOc1ncc(Br)cc1CNC1CC1. The molecule has 0 aliphatic heterocycles. The first-order chi connectivity index (χ1) is 9.44. The minimum Gasteiger partial charge on any atom is -0.475 e. The highest BCUT2D eigenvalue weighted by Gasteiger charge is 2.21. The summed E-state index contributed by atoms with van der Waals surface area (Å²) in [5.41, 5.74) is 0.953. The van der Waals surface area contributed by atoms with Gasteiger partial charge in [-0.3, -0.25) is 0 Å². The molecule has 1 aliphatic carbocycles. The predicted molar refractivity (Wildman–Crippen MR) is 83.0 cm³/mol. The van der Waals surface area contributed by atoms with Gasteiger partial charge in [0.1, 0.15) is 6.61 Å². The quantitative estimate of drug-likeness (QED) is 0.772. The first-order valence-electron chi connectivity index (χ1n) is 7.08. The molecule has 1 aromatic heterocycles. The fourth-order valence-electron chi connectivity index (χ4n) is 1.75. The molecule has 0 unspecified atom stereocenters. The van der Waals surface area contributed by atoms with E-state index in [0.29, 0.717) is 25.1 Å². The zero-order chi connectivity index (χ0) is 14.6. The number of nitrogens with zero attached hydrogens (tertiary/aromatic N) is 1. The first kappa shape index (κ1) is 15.7. The highest BCUT2D eigenvalue weighted by Crippen LogP contribution is 2.23. The lowest BCUT2D eigenvalue weighted by molar-refractivity contribution is -0.0169. The van der Waals surface area contributed by atoms with Crippen LogP contribution in [0.4, 0.5) is 0 Å². The number of nitrogens with one attached hydrogen (secondary N) is 1. The van der Waals surface area contributed by atoms with Crippen LogP contribution in [0.3, 0.4) is 0 Å². The van der Waals surface area contributed by atoms with Crippen molar-refractivity contribution >= 4 is 15.9 Å². The number of ether oxygens (including phenoxy) is 2. The molecule has 0 amide bonds. The van der Waals surface area contributed by atoms with Gasteiger partial charge in [-0.15, -0.1) is 0 Å². The van der Waals surface area contributed by atoms with Crippen LogP contribution in [0.1, 0.15) is 39.2 Å². The second kappa shape index (κ2) is 6.87. The summed E-state index contributed by atoms with van der Waals surface area (Å²) in [5.74, 6) is 0.693. The van der Waals surface area contributed by atoms with E-state index in [1.165, 1.54) is 12.8 Å². The Kier molecular flexibility index (Phi) is 5.41. The number of pyridine rings is 1. The fourth-order valence-corrected chi connectivity index (χ4v) is 2.13. The van der Waals surface area contributed by atoms with Gasteiger partial charge in [0.2, 0.25) is 5.88 Å². The predicted octanol–water partition coefficient (Wildman–Crippen LogP) is 3.29. The zero-order valence-corrected chi connectivity index (χ0v) is 14.0. The molecule has 2 rings (SSSR count). The van der Waals surface area contributed by atoms with Crippen molar-refractivity contribution in [1.29, 1.82) is 0 Å². The Hall–Kier alpha value is -0.650. The fraction of sp³-hybridized carbons (Fsp3) is 0.667. The van der Waals surface area contributed by atoms with E-state index in [1.54, 1.807) is 6.20 Å². The molecule has 0 atom stereocenters. The third-order valence-corrected chi connectivity index (χ3v) is 3.34. The molecule has 1 aliphatic rings. The van der Waals surface area contributed by atoms with Crippen molar-refractivity contribution in [2.45, 2.75) is 51.8 Å². The molecular weight excluding hydrogens is 320 g/mol. The Morgan fingerprint density at radius 1 is 1.35 bits per heavy atom. The van der Waals surface area contributed by atoms with Gasteiger partial charge >= 0.3 is 0 Å². The normalized spacial score (nSPS) is 15.4. The molecule has 1 heterocycles. The minimum absolute atomic E-state index is 0.132. The molecule has 1 saturated carbocycles. The molecule has 0 spiro atoms. The molecule has 5 heteroatoms. The average molecular weight is 343 g/mol. The van der Waals surface area contributed by atoms with Gasteiger partial charge in [-0.25, -0.2) is 4.98 Å². The molecule has 0 bridgehead atoms. The van der Waals surface area contributed by atoms with Gasteiger partial charge in [0.25, 0.3) is 0 Å². The monoisotopic (exact) mass is 342 g/mol. The van der Waals surface area contributed by atoms with Gasteiger partial charge in [-0.1, -0.05) is 0 Å². The lowest BCUT2D eigenvalue weighted by atomic mass is 10.2. The summed E-state index contributed by atoms with van der Waals surface area (Å²) >= 11 is 3.46. The topological polar surface area (TPSA) is 43.4 Å². The molecule has 1 fully saturated rings. The van der Waals surface area contributed by atoms with Crippen LogP contribution in [0.25, 0.3) is 0 Å². The standard InChI is InChI=1S/C15H23BrN2O2/c1-15(2,3)20-7-6-19-14-11(8-12(16)10-18-14)9-17-13-4-5-13/h8,10,13,17H,4-7,9H2,1-3H3. The Bertz CT molecular complexity index is 442. The Labute approximate surface area is 129 Å². The Balaban J connectivity index is 1.85. The van der Waals surface area contributed by atoms with Crippen molar-refractivity contribution in [3.63, 3.8) is 0 Å². The molecule has 1 aromatic rings. The molecule has 0 saturated heterocycles. The van der Waals surface area contributed by atoms with Crippen LogP contribution in [-0.4, -0.2) is 29.8 Å². The van der Waals surface area contributed by atoms with Crippen molar-refractivity contribution in [3.05, 3.63) is 22.3 Å². The van der Waals surface area contributed by atoms with Crippen LogP contribution in [0.5, 0.6) is 5.88 Å². The van der Waals surface area contributed by atoms with Crippen molar-refractivity contribution in [1.82, 2.24) is 10.3 Å². The van der Waals surface area contributed by atoms with Gasteiger partial charge in [0.15, 0.2) is 0 Å². The lowest BCUT2D eigenvalue weighted by Crippen LogP contribution is -2.23. The summed E-state index contributed by atoms with van der Waals surface area (Å²) in [7, 11) is 0. The Morgan fingerprint density at radius 2 is 2.10 bits per heavy atom. The highest BCUT2D eigenvalue weighted by atomic mass is 79.9. The van der Waals surface area contributed by atoms with Crippen LogP contribution in [-0.2, 0) is 11.3 Å². The number of rotatable bonds is 7. The minimum atomic E-state index is -0.132. The lowest BCUT2D eigenvalue weighted by Gasteiger charge is -2.19. The zero-order valence-electron chi connectivity index (χ0n) is 12.4. The van der Waals surface area contributed by atoms with Gasteiger partial charge < -0.3 is 14.8 Å². The number of halogens is 1. The number of hydrogen-bond acceptors (Lipinski definition) is 4. The molecule has 4 nitrogen and oxygen atoms in total. The molecule has 0 aromatic carbocycles. The van der Waals surface area contributed by atoms with Crippen LogP contribution >= 0.6 is 15.9 Å². The van der Waals surface area contributed by atoms with Crippen molar-refractivity contribution < 1.29 is 9.47 Å². The molecule has 1 N–H and O–H groups in total. The second-order valence-corrected chi connectivity index (χ2v) is 7.00. The molecular formula is C15H23BrN2O2. The van der Waals surface area contributed by atoms with Crippen LogP contribution in [0, 0.1) is 0 Å². The smallest absolute Gasteiger partial charge is 0.217 e. The largest absolute Gasteiger partial charge is 0.475 e. The van der Waals surface area contributed by atoms with Crippen LogP contribution in [0.2, 0.25) is 0 Å². The number of aromatic nitrogens is 1. The van der Waals surface area contributed by atoms with E-state index in [-0.39, 0.29) is 5.60 Å². The third kappa shape index (κ3) is 5.77. The van der Waals surface area contributed by atoms with Crippen molar-refractivity contribution in [2.24, 2.45) is 0 Å². The maximum absolute atomic E-state index is 5.74. The highest BCUT2D eigenvalue weighted by molar-refractivity contribution is 9.10. The summed E-state index contributed by atoms with van der Waals surface area (Å²) in [4.78, 5) is 4.35. The van der Waals surface area contributed by atoms with E-state index < -0.39 is 0 Å². The molecule has 20 heavy (non-hydrogen) atoms. The molecule has 112 valence electrons. The maximum Gasteiger partial charge on any atom is 0.217 e. The average Bonchev–Trinajstić information content (AvgIpc) is 3.16. The van der Waals surface area contributed by atoms with Gasteiger partial charge in [0.05, 0.1) is 12.2 Å². The van der Waals surface area contributed by atoms with Gasteiger partial charge in [-0.05, 0) is 55.6 Å². The number of hydrogen-bond donors (Lipinski definition) is 1. The van der Waals surface area contributed by atoms with Gasteiger partial charge in [-0.2, -0.15) is 0 Å². The van der Waals surface area contributed by atoms with E-state index in [9.17, 15) is 0 Å². The van der Waals surface area contributed by atoms with Gasteiger partial charge in [0, 0.05) is 28.8 Å². The summed E-state index contributed by atoms with van der Waals surface area (Å²) in [6.07, 6.45) is 4.31. The van der Waals surface area contributed by atoms with Crippen LogP contribution < -0.4 is 10.1 Å². The van der Waals surface area contributed by atoms with E-state index in [0.717, 1.165) is 16.6 Å².